The van der Waals surface area contributed by atoms with E-state index in [2.05, 4.69) is 24.0 Å². The van der Waals surface area contributed by atoms with Crippen LogP contribution in [0, 0.1) is 0 Å². The van der Waals surface area contributed by atoms with Crippen molar-refractivity contribution in [2.45, 2.75) is 13.5 Å². The predicted octanol–water partition coefficient (Wildman–Crippen LogP) is 4.29. The number of hydrogen-bond donors (Lipinski definition) is 0. The third-order valence-corrected chi connectivity index (χ3v) is 4.55. The predicted molar refractivity (Wildman–Crippen MR) is 91.3 cm³/mol. The second-order valence-corrected chi connectivity index (χ2v) is 5.86. The molecule has 1 aromatic heterocycles. The Morgan fingerprint density at radius 1 is 1.00 bits per heavy atom. The SMILES string of the molecule is CCN(Cc1ccccc1)c1csc2ccccc2c1=O. The van der Waals surface area contributed by atoms with Gasteiger partial charge in [0.25, 0.3) is 0 Å². The van der Waals surface area contributed by atoms with Crippen LogP contribution in [0.3, 0.4) is 0 Å². The minimum absolute atomic E-state index is 0.127. The monoisotopic (exact) mass is 295 g/mol. The van der Waals surface area contributed by atoms with Gasteiger partial charge in [-0.05, 0) is 24.6 Å². The van der Waals surface area contributed by atoms with Crippen LogP contribution in [0.5, 0.6) is 0 Å². The molecule has 3 rings (SSSR count). The average Bonchev–Trinajstić information content (AvgIpc) is 2.55. The number of nitrogens with zero attached hydrogens (tertiary/aromatic N) is 1. The van der Waals surface area contributed by atoms with E-state index in [1.807, 2.05) is 47.8 Å². The van der Waals surface area contributed by atoms with E-state index in [0.717, 1.165) is 28.9 Å². The second kappa shape index (κ2) is 6.10. The summed E-state index contributed by atoms with van der Waals surface area (Å²) in [5, 5.41) is 2.79. The summed E-state index contributed by atoms with van der Waals surface area (Å²) in [5.74, 6) is 0. The molecule has 0 amide bonds. The lowest BCUT2D eigenvalue weighted by atomic mass is 10.2. The lowest BCUT2D eigenvalue weighted by molar-refractivity contribution is 0.831. The molecule has 2 aromatic carbocycles. The van der Waals surface area contributed by atoms with Gasteiger partial charge in [-0.15, -0.1) is 11.3 Å². The third kappa shape index (κ3) is 2.83. The number of hydrogen-bond acceptors (Lipinski definition) is 3. The van der Waals surface area contributed by atoms with Gasteiger partial charge in [-0.3, -0.25) is 4.79 Å². The molecule has 0 saturated carbocycles. The molecule has 0 bridgehead atoms. The summed E-state index contributed by atoms with van der Waals surface area (Å²) in [6.07, 6.45) is 0. The zero-order valence-electron chi connectivity index (χ0n) is 12.0. The highest BCUT2D eigenvalue weighted by atomic mass is 32.1. The van der Waals surface area contributed by atoms with Crippen LogP contribution in [-0.4, -0.2) is 6.54 Å². The van der Waals surface area contributed by atoms with Crippen LogP contribution in [0.1, 0.15) is 12.5 Å². The smallest absolute Gasteiger partial charge is 0.211 e. The van der Waals surface area contributed by atoms with E-state index in [1.165, 1.54) is 5.56 Å². The molecule has 0 aliphatic carbocycles. The average molecular weight is 295 g/mol. The van der Waals surface area contributed by atoms with Crippen molar-refractivity contribution in [3.8, 4) is 0 Å². The number of fused-ring (bicyclic) bond motifs is 1. The van der Waals surface area contributed by atoms with Gasteiger partial charge in [-0.1, -0.05) is 42.5 Å². The molecule has 0 aliphatic rings. The van der Waals surface area contributed by atoms with E-state index in [0.29, 0.717) is 0 Å². The Kier molecular flexibility index (Phi) is 4.02. The van der Waals surface area contributed by atoms with Gasteiger partial charge in [-0.25, -0.2) is 0 Å². The summed E-state index contributed by atoms with van der Waals surface area (Å²) in [7, 11) is 0. The molecule has 0 N–H and O–H groups in total. The van der Waals surface area contributed by atoms with Crippen LogP contribution < -0.4 is 10.3 Å². The molecule has 0 saturated heterocycles. The van der Waals surface area contributed by atoms with Gasteiger partial charge in [0.05, 0.1) is 5.69 Å². The molecule has 3 heteroatoms. The highest BCUT2D eigenvalue weighted by Gasteiger charge is 2.11. The number of benzene rings is 2. The molecule has 0 spiro atoms. The van der Waals surface area contributed by atoms with E-state index < -0.39 is 0 Å². The third-order valence-electron chi connectivity index (χ3n) is 3.60. The molecule has 2 nitrogen and oxygen atoms in total. The van der Waals surface area contributed by atoms with Gasteiger partial charge in [0.15, 0.2) is 0 Å². The zero-order valence-corrected chi connectivity index (χ0v) is 12.8. The molecule has 0 atom stereocenters. The Morgan fingerprint density at radius 2 is 1.71 bits per heavy atom. The molecule has 3 aromatic rings. The van der Waals surface area contributed by atoms with Crippen LogP contribution in [0.4, 0.5) is 5.69 Å². The maximum Gasteiger partial charge on any atom is 0.211 e. The Bertz CT molecular complexity index is 795. The highest BCUT2D eigenvalue weighted by Crippen LogP contribution is 2.22. The summed E-state index contributed by atoms with van der Waals surface area (Å²) in [6, 6.07) is 18.1. The van der Waals surface area contributed by atoms with Crippen LogP contribution in [0.2, 0.25) is 0 Å². The summed E-state index contributed by atoms with van der Waals surface area (Å²) in [4.78, 5) is 14.8. The summed E-state index contributed by atoms with van der Waals surface area (Å²) < 4.78 is 1.04. The topological polar surface area (TPSA) is 20.3 Å². The first-order valence-corrected chi connectivity index (χ1v) is 7.97. The Balaban J connectivity index is 2.01. The van der Waals surface area contributed by atoms with E-state index >= 15 is 0 Å². The van der Waals surface area contributed by atoms with Crippen molar-refractivity contribution in [1.29, 1.82) is 0 Å². The Hall–Kier alpha value is -2.13. The largest absolute Gasteiger partial charge is 0.364 e. The summed E-state index contributed by atoms with van der Waals surface area (Å²) >= 11 is 1.63. The fraction of sp³-hybridized carbons (Fsp3) is 0.167. The lowest BCUT2D eigenvalue weighted by Gasteiger charge is -2.22. The molecular formula is C18H17NOS. The maximum absolute atomic E-state index is 12.7. The van der Waals surface area contributed by atoms with E-state index in [4.69, 9.17) is 0 Å². The quantitative estimate of drug-likeness (QED) is 0.715. The van der Waals surface area contributed by atoms with E-state index in [9.17, 15) is 4.79 Å². The van der Waals surface area contributed by atoms with Crippen LogP contribution >= 0.6 is 11.3 Å². The van der Waals surface area contributed by atoms with Gasteiger partial charge in [-0.2, -0.15) is 0 Å². The zero-order chi connectivity index (χ0) is 14.7. The Morgan fingerprint density at radius 3 is 2.48 bits per heavy atom. The van der Waals surface area contributed by atoms with Crippen molar-refractivity contribution in [3.05, 3.63) is 75.8 Å². The van der Waals surface area contributed by atoms with Crippen molar-refractivity contribution in [2.24, 2.45) is 0 Å². The normalized spacial score (nSPS) is 10.7. The first-order valence-electron chi connectivity index (χ1n) is 7.09. The first kappa shape index (κ1) is 13.8. The molecule has 0 radical (unpaired) electrons. The minimum Gasteiger partial charge on any atom is -0.364 e. The van der Waals surface area contributed by atoms with Crippen LogP contribution in [-0.2, 0) is 6.54 Å². The minimum atomic E-state index is 0.127. The van der Waals surface area contributed by atoms with E-state index in [1.54, 1.807) is 11.3 Å². The van der Waals surface area contributed by atoms with Crippen molar-refractivity contribution in [2.75, 3.05) is 11.4 Å². The van der Waals surface area contributed by atoms with Crippen molar-refractivity contribution in [3.63, 3.8) is 0 Å². The lowest BCUT2D eigenvalue weighted by Crippen LogP contribution is -2.27. The standard InChI is InChI=1S/C18H17NOS/c1-2-19(12-14-8-4-3-5-9-14)16-13-21-17-11-7-6-10-15(17)18(16)20/h3-11,13H,2,12H2,1H3. The molecular weight excluding hydrogens is 278 g/mol. The van der Waals surface area contributed by atoms with Gasteiger partial charge >= 0.3 is 0 Å². The molecule has 106 valence electrons. The van der Waals surface area contributed by atoms with E-state index in [-0.39, 0.29) is 5.43 Å². The molecule has 0 aliphatic heterocycles. The molecule has 21 heavy (non-hydrogen) atoms. The summed E-state index contributed by atoms with van der Waals surface area (Å²) in [6.45, 7) is 3.66. The van der Waals surface area contributed by atoms with Gasteiger partial charge in [0, 0.05) is 28.6 Å². The molecule has 1 heterocycles. The second-order valence-electron chi connectivity index (χ2n) is 4.95. The Labute approximate surface area is 128 Å². The first-order chi connectivity index (χ1) is 10.3. The van der Waals surface area contributed by atoms with Crippen molar-refractivity contribution >= 4 is 27.1 Å². The molecule has 0 fully saturated rings. The van der Waals surface area contributed by atoms with Crippen molar-refractivity contribution < 1.29 is 0 Å². The fourth-order valence-electron chi connectivity index (χ4n) is 2.46. The van der Waals surface area contributed by atoms with Crippen LogP contribution in [0.15, 0.2) is 64.8 Å². The van der Waals surface area contributed by atoms with Gasteiger partial charge in [0.2, 0.25) is 5.43 Å². The van der Waals surface area contributed by atoms with Crippen LogP contribution in [0.25, 0.3) is 10.1 Å². The molecule has 0 unspecified atom stereocenters. The fourth-order valence-corrected chi connectivity index (χ4v) is 3.40. The van der Waals surface area contributed by atoms with Gasteiger partial charge in [0.1, 0.15) is 0 Å². The van der Waals surface area contributed by atoms with Gasteiger partial charge < -0.3 is 4.90 Å². The van der Waals surface area contributed by atoms with Crippen molar-refractivity contribution in [1.82, 2.24) is 0 Å². The summed E-state index contributed by atoms with van der Waals surface area (Å²) in [5.41, 5.74) is 2.14. The maximum atomic E-state index is 12.7. The number of anilines is 1. The highest BCUT2D eigenvalue weighted by molar-refractivity contribution is 7.16. The number of rotatable bonds is 4.